The third-order valence-corrected chi connectivity index (χ3v) is 6.10. The first-order valence-electron chi connectivity index (χ1n) is 9.68. The maximum absolute atomic E-state index is 12.8. The van der Waals surface area contributed by atoms with E-state index in [1.807, 2.05) is 43.5 Å². The van der Waals surface area contributed by atoms with E-state index >= 15 is 0 Å². The van der Waals surface area contributed by atoms with Crippen molar-refractivity contribution in [3.05, 3.63) is 63.4 Å². The Morgan fingerprint density at radius 3 is 2.67 bits per heavy atom. The van der Waals surface area contributed by atoms with E-state index in [9.17, 15) is 19.8 Å². The van der Waals surface area contributed by atoms with Gasteiger partial charge in [0, 0.05) is 23.3 Å². The van der Waals surface area contributed by atoms with Gasteiger partial charge in [0.25, 0.3) is 0 Å². The second-order valence-electron chi connectivity index (χ2n) is 7.49. The van der Waals surface area contributed by atoms with Crippen LogP contribution in [0.1, 0.15) is 22.4 Å². The quantitative estimate of drug-likeness (QED) is 0.529. The van der Waals surface area contributed by atoms with Gasteiger partial charge in [-0.3, -0.25) is 9.59 Å². The molecule has 1 heterocycles. The monoisotopic (exact) mass is 430 g/mol. The highest BCUT2D eigenvalue weighted by atomic mass is 32.1. The van der Waals surface area contributed by atoms with Crippen LogP contribution in [0, 0.1) is 13.8 Å². The molecular weight excluding hydrogens is 404 g/mol. The Bertz CT molecular complexity index is 941. The fourth-order valence-corrected chi connectivity index (χ4v) is 4.00. The number of aryl methyl sites for hydroxylation is 2. The minimum atomic E-state index is -1.18. The van der Waals surface area contributed by atoms with E-state index in [0.29, 0.717) is 12.2 Å². The van der Waals surface area contributed by atoms with Crippen LogP contribution < -0.4 is 15.8 Å². The average molecular weight is 431 g/mol. The zero-order valence-electron chi connectivity index (χ0n) is 16.9. The number of primary amides is 1. The van der Waals surface area contributed by atoms with Crippen LogP contribution in [0.15, 0.2) is 47.4 Å². The van der Waals surface area contributed by atoms with Crippen LogP contribution in [-0.4, -0.2) is 46.4 Å². The first kappa shape index (κ1) is 22.0. The van der Waals surface area contributed by atoms with E-state index in [2.05, 4.69) is 5.32 Å². The Morgan fingerprint density at radius 1 is 1.27 bits per heavy atom. The van der Waals surface area contributed by atoms with E-state index in [1.165, 1.54) is 17.4 Å². The van der Waals surface area contributed by atoms with Gasteiger partial charge in [0.05, 0.1) is 6.10 Å². The van der Waals surface area contributed by atoms with Gasteiger partial charge in [-0.05, 0) is 54.6 Å². The van der Waals surface area contributed by atoms with Crippen molar-refractivity contribution in [1.29, 1.82) is 0 Å². The number of hydrogen-bond donors (Lipinski definition) is 4. The standard InChI is InChI=1S/C22H26N2O5S/c1-12-5-6-15(8-13(12)2)29-19-10-14(9-18(25)20(19)26)22(28)24-17(21(23)27)11-16-4-3-7-30-16/h3-8,10,17-20,25-26H,9,11H2,1-2H3,(H2,23,27)(H,24,28). The maximum atomic E-state index is 12.8. The third kappa shape index (κ3) is 5.27. The summed E-state index contributed by atoms with van der Waals surface area (Å²) in [5, 5.41) is 25.1. The van der Waals surface area contributed by atoms with Gasteiger partial charge in [-0.25, -0.2) is 0 Å². The minimum Gasteiger partial charge on any atom is -0.484 e. The number of carbonyl (C=O) groups is 2. The van der Waals surface area contributed by atoms with Crippen LogP contribution in [0.4, 0.5) is 0 Å². The Balaban J connectivity index is 1.75. The number of carbonyl (C=O) groups excluding carboxylic acids is 2. The van der Waals surface area contributed by atoms with Gasteiger partial charge in [-0.1, -0.05) is 12.1 Å². The molecule has 30 heavy (non-hydrogen) atoms. The van der Waals surface area contributed by atoms with Crippen LogP contribution in [-0.2, 0) is 16.0 Å². The molecule has 0 fully saturated rings. The number of hydrogen-bond acceptors (Lipinski definition) is 6. The van der Waals surface area contributed by atoms with Crippen LogP contribution in [0.5, 0.6) is 5.75 Å². The summed E-state index contributed by atoms with van der Waals surface area (Å²) in [7, 11) is 0. The molecule has 0 saturated heterocycles. The van der Waals surface area contributed by atoms with Crippen molar-refractivity contribution in [3.63, 3.8) is 0 Å². The lowest BCUT2D eigenvalue weighted by Gasteiger charge is -2.31. The fourth-order valence-electron chi connectivity index (χ4n) is 3.25. The topological polar surface area (TPSA) is 122 Å². The average Bonchev–Trinajstić information content (AvgIpc) is 3.20. The molecule has 0 spiro atoms. The number of rotatable bonds is 7. The van der Waals surface area contributed by atoms with Crippen molar-refractivity contribution < 1.29 is 24.5 Å². The van der Waals surface area contributed by atoms with Crippen LogP contribution in [0.25, 0.3) is 0 Å². The molecule has 5 N–H and O–H groups in total. The fraction of sp³-hybridized carbons (Fsp3) is 0.364. The summed E-state index contributed by atoms with van der Waals surface area (Å²) < 4.78 is 5.84. The van der Waals surface area contributed by atoms with E-state index in [0.717, 1.165) is 16.0 Å². The Labute approximate surface area is 179 Å². The predicted octanol–water partition coefficient (Wildman–Crippen LogP) is 1.38. The number of nitrogens with one attached hydrogen (secondary N) is 1. The predicted molar refractivity (Wildman–Crippen MR) is 114 cm³/mol. The molecular formula is C22H26N2O5S. The normalized spacial score (nSPS) is 22.1. The molecule has 8 heteroatoms. The lowest BCUT2D eigenvalue weighted by Crippen LogP contribution is -2.49. The number of nitrogens with two attached hydrogens (primary N) is 1. The van der Waals surface area contributed by atoms with Gasteiger partial charge in [0.1, 0.15) is 24.0 Å². The molecule has 1 aromatic carbocycles. The molecule has 1 aromatic heterocycles. The zero-order valence-corrected chi connectivity index (χ0v) is 17.7. The molecule has 2 aromatic rings. The van der Waals surface area contributed by atoms with Crippen LogP contribution in [0.3, 0.4) is 0 Å². The van der Waals surface area contributed by atoms with Gasteiger partial charge < -0.3 is 26.0 Å². The summed E-state index contributed by atoms with van der Waals surface area (Å²) in [5.41, 5.74) is 7.82. The van der Waals surface area contributed by atoms with Gasteiger partial charge in [0.2, 0.25) is 11.8 Å². The highest BCUT2D eigenvalue weighted by Gasteiger charge is 2.35. The summed E-state index contributed by atoms with van der Waals surface area (Å²) in [5.74, 6) is -0.633. The highest BCUT2D eigenvalue weighted by Crippen LogP contribution is 2.25. The van der Waals surface area contributed by atoms with Crippen molar-refractivity contribution in [2.75, 3.05) is 0 Å². The van der Waals surface area contributed by atoms with Crippen molar-refractivity contribution in [2.45, 2.75) is 51.0 Å². The Morgan fingerprint density at radius 2 is 2.03 bits per heavy atom. The number of thiophene rings is 1. The van der Waals surface area contributed by atoms with Crippen LogP contribution >= 0.6 is 11.3 Å². The summed E-state index contributed by atoms with van der Waals surface area (Å²) in [6.07, 6.45) is -1.52. The lowest BCUT2D eigenvalue weighted by atomic mass is 9.91. The zero-order chi connectivity index (χ0) is 21.8. The summed E-state index contributed by atoms with van der Waals surface area (Å²) >= 11 is 1.47. The van der Waals surface area contributed by atoms with Gasteiger partial charge in [-0.2, -0.15) is 0 Å². The lowest BCUT2D eigenvalue weighted by molar-refractivity contribution is -0.126. The number of aliphatic hydroxyl groups excluding tert-OH is 2. The molecule has 4 unspecified atom stereocenters. The van der Waals surface area contributed by atoms with Crippen molar-refractivity contribution in [3.8, 4) is 5.75 Å². The Kier molecular flexibility index (Phi) is 6.91. The van der Waals surface area contributed by atoms with E-state index in [-0.39, 0.29) is 12.0 Å². The number of benzene rings is 1. The summed E-state index contributed by atoms with van der Waals surface area (Å²) in [4.78, 5) is 25.5. The molecule has 0 saturated carbocycles. The SMILES string of the molecule is Cc1ccc(OC2C=C(C(=O)NC(Cc3cccs3)C(N)=O)CC(O)C2O)cc1C. The minimum absolute atomic E-state index is 0.0513. The number of ether oxygens (including phenoxy) is 1. The molecule has 160 valence electrons. The molecule has 2 amide bonds. The number of aliphatic hydroxyl groups is 2. The van der Waals surface area contributed by atoms with Crippen molar-refractivity contribution >= 4 is 23.2 Å². The van der Waals surface area contributed by atoms with Gasteiger partial charge in [-0.15, -0.1) is 11.3 Å². The molecule has 0 radical (unpaired) electrons. The second kappa shape index (κ2) is 9.42. The molecule has 1 aliphatic carbocycles. The summed E-state index contributed by atoms with van der Waals surface area (Å²) in [6.45, 7) is 3.92. The first-order chi connectivity index (χ1) is 14.2. The Hall–Kier alpha value is -2.68. The number of amides is 2. The van der Waals surface area contributed by atoms with E-state index < -0.39 is 36.2 Å². The van der Waals surface area contributed by atoms with Gasteiger partial charge >= 0.3 is 0 Å². The molecule has 4 atom stereocenters. The first-order valence-corrected chi connectivity index (χ1v) is 10.6. The van der Waals surface area contributed by atoms with Crippen LogP contribution in [0.2, 0.25) is 0 Å². The highest BCUT2D eigenvalue weighted by molar-refractivity contribution is 7.09. The maximum Gasteiger partial charge on any atom is 0.247 e. The second-order valence-corrected chi connectivity index (χ2v) is 8.53. The molecule has 3 rings (SSSR count). The third-order valence-electron chi connectivity index (χ3n) is 5.20. The van der Waals surface area contributed by atoms with Crippen molar-refractivity contribution in [1.82, 2.24) is 5.32 Å². The molecule has 1 aliphatic rings. The molecule has 7 nitrogen and oxygen atoms in total. The molecule has 0 aliphatic heterocycles. The van der Waals surface area contributed by atoms with Gasteiger partial charge in [0.15, 0.2) is 0 Å². The largest absolute Gasteiger partial charge is 0.484 e. The summed E-state index contributed by atoms with van der Waals surface area (Å²) in [6, 6.07) is 8.35. The van der Waals surface area contributed by atoms with E-state index in [1.54, 1.807) is 6.07 Å². The smallest absolute Gasteiger partial charge is 0.247 e. The van der Waals surface area contributed by atoms with Crippen molar-refractivity contribution in [2.24, 2.45) is 5.73 Å². The van der Waals surface area contributed by atoms with E-state index in [4.69, 9.17) is 10.5 Å². The molecule has 0 bridgehead atoms.